The molecule has 0 bridgehead atoms. The number of anilines is 1. The van der Waals surface area contributed by atoms with Gasteiger partial charge in [0.1, 0.15) is 0 Å². The maximum Gasteiger partial charge on any atom is 0.246 e. The molecule has 0 unspecified atom stereocenters. The van der Waals surface area contributed by atoms with E-state index in [4.69, 9.17) is 0 Å². The zero-order valence-electron chi connectivity index (χ0n) is 18.7. The molecule has 1 fully saturated rings. The van der Waals surface area contributed by atoms with E-state index >= 15 is 0 Å². The molecule has 1 aliphatic carbocycles. The van der Waals surface area contributed by atoms with Crippen molar-refractivity contribution < 1.29 is 21.6 Å². The maximum atomic E-state index is 13.5. The molecule has 32 heavy (non-hydrogen) atoms. The monoisotopic (exact) mass is 478 g/mol. The molecule has 1 N–H and O–H groups in total. The van der Waals surface area contributed by atoms with Crippen LogP contribution in [0.5, 0.6) is 0 Å². The largest absolute Gasteiger partial charge is 0.324 e. The van der Waals surface area contributed by atoms with Crippen molar-refractivity contribution in [3.8, 4) is 0 Å². The predicted octanol–water partition coefficient (Wildman–Crippen LogP) is 3.75. The SMILES string of the molecule is CCN(CC)S(=O)(=O)c1ccc(C)c(NC(=O)C2(S(=O)(=O)c3ccccc3)CCCC2)c1. The van der Waals surface area contributed by atoms with Gasteiger partial charge in [-0.05, 0) is 49.6 Å². The van der Waals surface area contributed by atoms with Gasteiger partial charge in [-0.1, -0.05) is 51.0 Å². The Bertz CT molecular complexity index is 1180. The number of hydrogen-bond donors (Lipinski definition) is 1. The van der Waals surface area contributed by atoms with Crippen LogP contribution >= 0.6 is 0 Å². The lowest BCUT2D eigenvalue weighted by atomic mass is 10.1. The molecule has 0 saturated heterocycles. The average molecular weight is 479 g/mol. The smallest absolute Gasteiger partial charge is 0.246 e. The molecule has 9 heteroatoms. The maximum absolute atomic E-state index is 13.5. The lowest BCUT2D eigenvalue weighted by Gasteiger charge is -2.28. The van der Waals surface area contributed by atoms with Gasteiger partial charge in [-0.15, -0.1) is 0 Å². The van der Waals surface area contributed by atoms with Crippen LogP contribution in [-0.4, -0.2) is 44.9 Å². The van der Waals surface area contributed by atoms with Gasteiger partial charge in [0.2, 0.25) is 15.9 Å². The number of aryl methyl sites for hydroxylation is 1. The summed E-state index contributed by atoms with van der Waals surface area (Å²) in [6.45, 7) is 5.92. The minimum Gasteiger partial charge on any atom is -0.324 e. The Morgan fingerprint density at radius 2 is 1.53 bits per heavy atom. The van der Waals surface area contributed by atoms with Crippen molar-refractivity contribution in [2.45, 2.75) is 61.0 Å². The summed E-state index contributed by atoms with van der Waals surface area (Å²) in [5.74, 6) is -0.612. The van der Waals surface area contributed by atoms with Crippen LogP contribution < -0.4 is 5.32 Å². The van der Waals surface area contributed by atoms with Crippen molar-refractivity contribution in [2.24, 2.45) is 0 Å². The minimum absolute atomic E-state index is 0.0634. The number of nitrogens with one attached hydrogen (secondary N) is 1. The van der Waals surface area contributed by atoms with Crippen molar-refractivity contribution in [3.05, 3.63) is 54.1 Å². The molecule has 1 amide bonds. The summed E-state index contributed by atoms with van der Waals surface area (Å²) in [5.41, 5.74) is 0.958. The van der Waals surface area contributed by atoms with Gasteiger partial charge in [0, 0.05) is 18.8 Å². The van der Waals surface area contributed by atoms with Gasteiger partial charge in [0.25, 0.3) is 0 Å². The predicted molar refractivity (Wildman–Crippen MR) is 125 cm³/mol. The van der Waals surface area contributed by atoms with E-state index in [0.29, 0.717) is 37.2 Å². The molecule has 0 aromatic heterocycles. The van der Waals surface area contributed by atoms with Crippen LogP contribution in [0, 0.1) is 6.92 Å². The summed E-state index contributed by atoms with van der Waals surface area (Å²) >= 11 is 0. The van der Waals surface area contributed by atoms with Crippen LogP contribution in [-0.2, 0) is 24.7 Å². The van der Waals surface area contributed by atoms with Crippen LogP contribution in [0.15, 0.2) is 58.3 Å². The molecule has 1 aliphatic rings. The molecule has 0 atom stereocenters. The van der Waals surface area contributed by atoms with Crippen LogP contribution in [0.1, 0.15) is 45.1 Å². The summed E-state index contributed by atoms with van der Waals surface area (Å²) < 4.78 is 52.6. The highest BCUT2D eigenvalue weighted by atomic mass is 32.2. The summed E-state index contributed by atoms with van der Waals surface area (Å²) in [4.78, 5) is 13.6. The summed E-state index contributed by atoms with van der Waals surface area (Å²) in [6, 6.07) is 12.6. The van der Waals surface area contributed by atoms with Crippen molar-refractivity contribution in [1.29, 1.82) is 0 Å². The first-order valence-electron chi connectivity index (χ1n) is 10.8. The van der Waals surface area contributed by atoms with Crippen LogP contribution in [0.3, 0.4) is 0 Å². The Morgan fingerprint density at radius 3 is 2.09 bits per heavy atom. The van der Waals surface area contributed by atoms with E-state index in [1.807, 2.05) is 0 Å². The highest BCUT2D eigenvalue weighted by Gasteiger charge is 2.53. The number of amides is 1. The molecule has 0 heterocycles. The third-order valence-electron chi connectivity index (χ3n) is 6.19. The fraction of sp³-hybridized carbons (Fsp3) is 0.435. The Morgan fingerprint density at radius 1 is 0.938 bits per heavy atom. The number of carbonyl (C=O) groups excluding carboxylic acids is 1. The molecular formula is C23H30N2O5S2. The zero-order valence-corrected chi connectivity index (χ0v) is 20.3. The van der Waals surface area contributed by atoms with Crippen LogP contribution in [0.25, 0.3) is 0 Å². The fourth-order valence-corrected chi connectivity index (χ4v) is 7.81. The van der Waals surface area contributed by atoms with Crippen molar-refractivity contribution >= 4 is 31.5 Å². The first-order valence-corrected chi connectivity index (χ1v) is 13.7. The molecule has 1 saturated carbocycles. The normalized spacial score (nSPS) is 16.2. The van der Waals surface area contributed by atoms with E-state index < -0.39 is 30.5 Å². The Kier molecular flexibility index (Phi) is 7.12. The Labute approximate surface area is 190 Å². The van der Waals surface area contributed by atoms with Crippen LogP contribution in [0.2, 0.25) is 0 Å². The number of rotatable bonds is 8. The van der Waals surface area contributed by atoms with E-state index in [-0.39, 0.29) is 22.6 Å². The van der Waals surface area contributed by atoms with E-state index in [2.05, 4.69) is 5.32 Å². The molecule has 2 aromatic rings. The molecule has 3 rings (SSSR count). The third-order valence-corrected chi connectivity index (χ3v) is 10.8. The minimum atomic E-state index is -3.93. The molecule has 0 aliphatic heterocycles. The van der Waals surface area contributed by atoms with Gasteiger partial charge < -0.3 is 5.32 Å². The summed E-state index contributed by atoms with van der Waals surface area (Å²) in [6.07, 6.45) is 1.72. The highest BCUT2D eigenvalue weighted by Crippen LogP contribution is 2.41. The lowest BCUT2D eigenvalue weighted by Crippen LogP contribution is -2.47. The van der Waals surface area contributed by atoms with Gasteiger partial charge in [0.15, 0.2) is 14.6 Å². The number of nitrogens with zero attached hydrogens (tertiary/aromatic N) is 1. The van der Waals surface area contributed by atoms with Crippen molar-refractivity contribution in [1.82, 2.24) is 4.31 Å². The lowest BCUT2D eigenvalue weighted by molar-refractivity contribution is -0.118. The Balaban J connectivity index is 2.00. The number of hydrogen-bond acceptors (Lipinski definition) is 5. The van der Waals surface area contributed by atoms with Gasteiger partial charge in [-0.3, -0.25) is 4.79 Å². The van der Waals surface area contributed by atoms with Gasteiger partial charge in [-0.2, -0.15) is 4.31 Å². The van der Waals surface area contributed by atoms with Gasteiger partial charge >= 0.3 is 0 Å². The highest BCUT2D eigenvalue weighted by molar-refractivity contribution is 7.93. The van der Waals surface area contributed by atoms with Gasteiger partial charge in [0.05, 0.1) is 9.79 Å². The number of benzene rings is 2. The second-order valence-corrected chi connectivity index (χ2v) is 12.2. The number of sulfonamides is 1. The summed E-state index contributed by atoms with van der Waals surface area (Å²) in [7, 11) is -7.65. The molecular weight excluding hydrogens is 448 g/mol. The van der Waals surface area contributed by atoms with E-state index in [1.54, 1.807) is 45.0 Å². The zero-order chi connectivity index (χ0) is 23.6. The molecule has 0 spiro atoms. The fourth-order valence-electron chi connectivity index (χ4n) is 4.23. The number of carbonyl (C=O) groups is 1. The van der Waals surface area contributed by atoms with E-state index in [0.717, 1.165) is 0 Å². The van der Waals surface area contributed by atoms with Crippen molar-refractivity contribution in [3.63, 3.8) is 0 Å². The van der Waals surface area contributed by atoms with Gasteiger partial charge in [-0.25, -0.2) is 16.8 Å². The standard InChI is InChI=1S/C23H30N2O5S2/c1-4-25(5-2)32(29,30)20-14-13-18(3)21(17-20)24-22(26)23(15-9-10-16-23)31(27,28)19-11-7-6-8-12-19/h6-8,11-14,17H,4-5,9-10,15-16H2,1-3H3,(H,24,26). The molecule has 174 valence electrons. The quantitative estimate of drug-likeness (QED) is 0.623. The first kappa shape index (κ1) is 24.4. The summed E-state index contributed by atoms with van der Waals surface area (Å²) in [5, 5.41) is 2.76. The van der Waals surface area contributed by atoms with E-state index in [1.165, 1.54) is 28.6 Å². The third kappa shape index (κ3) is 4.21. The van der Waals surface area contributed by atoms with Crippen LogP contribution in [0.4, 0.5) is 5.69 Å². The number of sulfone groups is 1. The topological polar surface area (TPSA) is 101 Å². The van der Waals surface area contributed by atoms with E-state index in [9.17, 15) is 21.6 Å². The second kappa shape index (κ2) is 9.33. The van der Waals surface area contributed by atoms with Crippen molar-refractivity contribution in [2.75, 3.05) is 18.4 Å². The second-order valence-electron chi connectivity index (χ2n) is 8.04. The Hall–Kier alpha value is -2.23. The molecule has 7 nitrogen and oxygen atoms in total. The first-order chi connectivity index (χ1) is 15.1. The molecule has 0 radical (unpaired) electrons. The molecule has 2 aromatic carbocycles. The average Bonchev–Trinajstić information content (AvgIpc) is 3.28.